The fourth-order valence-electron chi connectivity index (χ4n) is 2.16. The number of benzene rings is 2. The highest BCUT2D eigenvalue weighted by Crippen LogP contribution is 2.28. The molecule has 0 unspecified atom stereocenters. The number of para-hydroxylation sites is 2. The Bertz CT molecular complexity index is 888. The van der Waals surface area contributed by atoms with E-state index in [9.17, 15) is 19.7 Å². The number of carbonyl (C=O) groups excluding carboxylic acids is 2. The summed E-state index contributed by atoms with van der Waals surface area (Å²) >= 11 is 4.78. The highest BCUT2D eigenvalue weighted by atomic mass is 79.9. The number of aryl methyl sites for hydroxylation is 2. The van der Waals surface area contributed by atoms with Gasteiger partial charge < -0.3 is 10.1 Å². The number of nitrogens with zero attached hydrogens (tertiary/aromatic N) is 1. The monoisotopic (exact) mass is 452 g/mol. The van der Waals surface area contributed by atoms with Crippen LogP contribution in [0.25, 0.3) is 0 Å². The zero-order valence-corrected chi connectivity index (χ0v) is 17.1. The molecule has 0 saturated carbocycles. The van der Waals surface area contributed by atoms with Crippen molar-refractivity contribution in [3.05, 3.63) is 62.1 Å². The Morgan fingerprint density at radius 3 is 2.63 bits per heavy atom. The van der Waals surface area contributed by atoms with E-state index in [4.69, 9.17) is 4.74 Å². The quantitative estimate of drug-likeness (QED) is 0.291. The Balaban J connectivity index is 1.85. The molecule has 1 N–H and O–H groups in total. The number of nitrogens with one attached hydrogen (secondary N) is 1. The maximum Gasteiger partial charge on any atom is 0.316 e. The number of amides is 1. The zero-order chi connectivity index (χ0) is 20.0. The van der Waals surface area contributed by atoms with E-state index < -0.39 is 23.4 Å². The van der Waals surface area contributed by atoms with Gasteiger partial charge in [0.25, 0.3) is 11.6 Å². The Morgan fingerprint density at radius 1 is 1.22 bits per heavy atom. The normalized spacial score (nSPS) is 10.3. The molecule has 0 fully saturated rings. The molecule has 0 radical (unpaired) electrons. The molecule has 9 heteroatoms. The highest BCUT2D eigenvalue weighted by molar-refractivity contribution is 9.10. The summed E-state index contributed by atoms with van der Waals surface area (Å²) in [5.41, 5.74) is 1.91. The average Bonchev–Trinajstić information content (AvgIpc) is 2.62. The van der Waals surface area contributed by atoms with Crippen LogP contribution in [0.4, 0.5) is 11.4 Å². The topological polar surface area (TPSA) is 98.5 Å². The first-order chi connectivity index (χ1) is 12.8. The summed E-state index contributed by atoms with van der Waals surface area (Å²) in [7, 11) is 0. The maximum atomic E-state index is 11.9. The first kappa shape index (κ1) is 20.9. The van der Waals surface area contributed by atoms with Crippen LogP contribution in [0.3, 0.4) is 0 Å². The molecule has 0 aliphatic heterocycles. The second-order valence-corrected chi connectivity index (χ2v) is 7.51. The molecule has 2 rings (SSSR count). The van der Waals surface area contributed by atoms with Crippen LogP contribution in [-0.4, -0.2) is 29.2 Å². The third kappa shape index (κ3) is 6.07. The third-order valence-electron chi connectivity index (χ3n) is 3.54. The van der Waals surface area contributed by atoms with E-state index in [1.165, 1.54) is 30.0 Å². The predicted molar refractivity (Wildman–Crippen MR) is 107 cm³/mol. The van der Waals surface area contributed by atoms with Crippen LogP contribution in [-0.2, 0) is 14.3 Å². The van der Waals surface area contributed by atoms with Gasteiger partial charge in [-0.05, 0) is 43.2 Å². The van der Waals surface area contributed by atoms with Crippen LogP contribution in [0.2, 0.25) is 0 Å². The fraction of sp³-hybridized carbons (Fsp3) is 0.222. The van der Waals surface area contributed by atoms with E-state index in [1.807, 2.05) is 26.0 Å². The number of ether oxygens (including phenoxy) is 1. The van der Waals surface area contributed by atoms with Gasteiger partial charge in [-0.15, -0.1) is 11.8 Å². The van der Waals surface area contributed by atoms with Gasteiger partial charge in [-0.3, -0.25) is 19.7 Å². The highest BCUT2D eigenvalue weighted by Gasteiger charge is 2.16. The van der Waals surface area contributed by atoms with Gasteiger partial charge in [-0.25, -0.2) is 0 Å². The molecule has 0 atom stereocenters. The molecular weight excluding hydrogens is 436 g/mol. The number of thioether (sulfide) groups is 1. The number of nitro groups is 1. The molecule has 0 aliphatic rings. The number of hydrogen-bond acceptors (Lipinski definition) is 6. The second kappa shape index (κ2) is 9.52. The minimum Gasteiger partial charge on any atom is -0.455 e. The number of esters is 1. The van der Waals surface area contributed by atoms with Crippen molar-refractivity contribution >= 4 is 50.9 Å². The van der Waals surface area contributed by atoms with Crippen LogP contribution < -0.4 is 5.32 Å². The first-order valence-corrected chi connectivity index (χ1v) is 9.64. The summed E-state index contributed by atoms with van der Waals surface area (Å²) in [5, 5.41) is 13.3. The van der Waals surface area contributed by atoms with Crippen molar-refractivity contribution < 1.29 is 19.2 Å². The Morgan fingerprint density at radius 2 is 1.93 bits per heavy atom. The van der Waals surface area contributed by atoms with Crippen molar-refractivity contribution in [1.29, 1.82) is 0 Å². The molecule has 0 bridgehead atoms. The van der Waals surface area contributed by atoms with E-state index in [-0.39, 0.29) is 17.1 Å². The molecule has 2 aromatic carbocycles. The molecule has 0 saturated heterocycles. The molecule has 142 valence electrons. The largest absolute Gasteiger partial charge is 0.455 e. The summed E-state index contributed by atoms with van der Waals surface area (Å²) in [5.74, 6) is -1.13. The summed E-state index contributed by atoms with van der Waals surface area (Å²) in [4.78, 5) is 35.0. The Kier molecular flexibility index (Phi) is 7.37. The lowest BCUT2D eigenvalue weighted by molar-refractivity contribution is -0.383. The molecule has 27 heavy (non-hydrogen) atoms. The lowest BCUT2D eigenvalue weighted by Gasteiger charge is -2.09. The SMILES string of the molecule is Cc1cc(SCC(=O)OCC(=O)Nc2ccccc2[N+](=O)[O-])c(C)cc1Br. The molecule has 1 amide bonds. The van der Waals surface area contributed by atoms with E-state index in [2.05, 4.69) is 21.2 Å². The first-order valence-electron chi connectivity index (χ1n) is 7.86. The Hall–Kier alpha value is -2.39. The van der Waals surface area contributed by atoms with E-state index in [0.717, 1.165) is 20.5 Å². The second-order valence-electron chi connectivity index (χ2n) is 5.64. The number of hydrogen-bond donors (Lipinski definition) is 1. The van der Waals surface area contributed by atoms with Crippen molar-refractivity contribution in [3.63, 3.8) is 0 Å². The smallest absolute Gasteiger partial charge is 0.316 e. The lowest BCUT2D eigenvalue weighted by Crippen LogP contribution is -2.22. The molecular formula is C18H17BrN2O5S. The van der Waals surface area contributed by atoms with Gasteiger partial charge in [0.15, 0.2) is 6.61 Å². The van der Waals surface area contributed by atoms with Crippen LogP contribution in [0, 0.1) is 24.0 Å². The number of anilines is 1. The van der Waals surface area contributed by atoms with Crippen LogP contribution >= 0.6 is 27.7 Å². The molecule has 0 aliphatic carbocycles. The third-order valence-corrected chi connectivity index (χ3v) is 5.53. The summed E-state index contributed by atoms with van der Waals surface area (Å²) in [6.45, 7) is 3.39. The van der Waals surface area contributed by atoms with Crippen molar-refractivity contribution in [1.82, 2.24) is 0 Å². The number of nitro benzene ring substituents is 1. The standard InChI is InChI=1S/C18H17BrN2O5S/c1-11-8-16(12(2)7-13(11)19)27-10-18(23)26-9-17(22)20-14-5-3-4-6-15(14)21(24)25/h3-8H,9-10H2,1-2H3,(H,20,22). The molecule has 0 aromatic heterocycles. The van der Waals surface area contributed by atoms with Crippen LogP contribution in [0.15, 0.2) is 45.8 Å². The lowest BCUT2D eigenvalue weighted by atomic mass is 10.2. The summed E-state index contributed by atoms with van der Waals surface area (Å²) in [6.07, 6.45) is 0. The summed E-state index contributed by atoms with van der Waals surface area (Å²) in [6, 6.07) is 9.69. The predicted octanol–water partition coefficient (Wildman–Crippen LogP) is 4.25. The van der Waals surface area contributed by atoms with Gasteiger partial charge >= 0.3 is 5.97 Å². The van der Waals surface area contributed by atoms with Gasteiger partial charge in [0.05, 0.1) is 10.7 Å². The number of carbonyl (C=O) groups is 2. The van der Waals surface area contributed by atoms with Gasteiger partial charge in [0.2, 0.25) is 0 Å². The van der Waals surface area contributed by atoms with Crippen LogP contribution in [0.1, 0.15) is 11.1 Å². The van der Waals surface area contributed by atoms with Crippen molar-refractivity contribution in [3.8, 4) is 0 Å². The maximum absolute atomic E-state index is 11.9. The van der Waals surface area contributed by atoms with Gasteiger partial charge in [-0.1, -0.05) is 28.1 Å². The molecule has 2 aromatic rings. The van der Waals surface area contributed by atoms with Crippen LogP contribution in [0.5, 0.6) is 0 Å². The minimum absolute atomic E-state index is 0.0545. The number of rotatable bonds is 7. The van der Waals surface area contributed by atoms with E-state index >= 15 is 0 Å². The molecule has 0 spiro atoms. The summed E-state index contributed by atoms with van der Waals surface area (Å²) < 4.78 is 5.94. The van der Waals surface area contributed by atoms with Crippen molar-refractivity contribution in [2.45, 2.75) is 18.7 Å². The number of halogens is 1. The van der Waals surface area contributed by atoms with Gasteiger partial charge in [-0.2, -0.15) is 0 Å². The molecule has 7 nitrogen and oxygen atoms in total. The van der Waals surface area contributed by atoms with Gasteiger partial charge in [0, 0.05) is 15.4 Å². The van der Waals surface area contributed by atoms with Gasteiger partial charge in [0.1, 0.15) is 5.69 Å². The minimum atomic E-state index is -0.640. The van der Waals surface area contributed by atoms with Crippen molar-refractivity contribution in [2.75, 3.05) is 17.7 Å². The average molecular weight is 453 g/mol. The zero-order valence-electron chi connectivity index (χ0n) is 14.7. The van der Waals surface area contributed by atoms with Crippen molar-refractivity contribution in [2.24, 2.45) is 0 Å². The Labute approximate surface area is 168 Å². The van der Waals surface area contributed by atoms with E-state index in [1.54, 1.807) is 6.07 Å². The fourth-order valence-corrected chi connectivity index (χ4v) is 3.52. The van der Waals surface area contributed by atoms with E-state index in [0.29, 0.717) is 0 Å². The molecule has 0 heterocycles.